The number of methoxy groups -OCH3 is 2. The lowest BCUT2D eigenvalue weighted by molar-refractivity contribution is -0.115. The highest BCUT2D eigenvalue weighted by atomic mass is 32.2. The minimum absolute atomic E-state index is 0.0784. The van der Waals surface area contributed by atoms with E-state index in [9.17, 15) is 19.5 Å². The third-order valence-corrected chi connectivity index (χ3v) is 6.96. The lowest BCUT2D eigenvalue weighted by Gasteiger charge is -2.18. The van der Waals surface area contributed by atoms with Crippen LogP contribution >= 0.6 is 11.8 Å². The first-order valence-corrected chi connectivity index (χ1v) is 12.7. The van der Waals surface area contributed by atoms with Gasteiger partial charge in [-0.25, -0.2) is 4.79 Å². The van der Waals surface area contributed by atoms with Crippen LogP contribution in [0.25, 0.3) is 0 Å². The fourth-order valence-electron chi connectivity index (χ4n) is 3.80. The number of nitrogens with one attached hydrogen (secondary N) is 2. The van der Waals surface area contributed by atoms with Gasteiger partial charge in [-0.05, 0) is 60.2 Å². The van der Waals surface area contributed by atoms with Crippen LogP contribution in [0.3, 0.4) is 0 Å². The van der Waals surface area contributed by atoms with Crippen LogP contribution in [-0.4, -0.2) is 37.1 Å². The summed E-state index contributed by atoms with van der Waals surface area (Å²) in [5.41, 5.74) is 2.19. The molecule has 4 rings (SSSR count). The molecule has 0 bridgehead atoms. The third-order valence-electron chi connectivity index (χ3n) is 5.71. The summed E-state index contributed by atoms with van der Waals surface area (Å²) in [4.78, 5) is 38.4. The molecule has 0 aromatic heterocycles. The molecule has 198 valence electrons. The van der Waals surface area contributed by atoms with Crippen molar-refractivity contribution in [3.63, 3.8) is 0 Å². The first kappa shape index (κ1) is 27.3. The molecular formula is C30H26N2O6S. The largest absolute Gasteiger partial charge is 0.493 e. The molecule has 0 radical (unpaired) electrons. The monoisotopic (exact) mass is 542 g/mol. The van der Waals surface area contributed by atoms with E-state index in [0.29, 0.717) is 28.4 Å². The van der Waals surface area contributed by atoms with Crippen molar-refractivity contribution in [2.75, 3.05) is 24.9 Å². The highest BCUT2D eigenvalue weighted by molar-refractivity contribution is 8.00. The van der Waals surface area contributed by atoms with Gasteiger partial charge < -0.3 is 25.2 Å². The van der Waals surface area contributed by atoms with E-state index in [4.69, 9.17) is 9.47 Å². The molecule has 0 fully saturated rings. The van der Waals surface area contributed by atoms with E-state index in [1.807, 2.05) is 36.4 Å². The Kier molecular flexibility index (Phi) is 8.86. The lowest BCUT2D eigenvalue weighted by Crippen LogP contribution is -2.19. The number of amides is 2. The number of benzene rings is 4. The van der Waals surface area contributed by atoms with Gasteiger partial charge in [-0.15, -0.1) is 11.8 Å². The predicted molar refractivity (Wildman–Crippen MR) is 151 cm³/mol. The van der Waals surface area contributed by atoms with Gasteiger partial charge in [0.05, 0.1) is 19.8 Å². The summed E-state index contributed by atoms with van der Waals surface area (Å²) in [6.45, 7) is 0. The normalized spacial score (nSPS) is 11.2. The Morgan fingerprint density at radius 1 is 0.718 bits per heavy atom. The van der Waals surface area contributed by atoms with Gasteiger partial charge in [0.25, 0.3) is 5.91 Å². The average molecular weight is 543 g/mol. The number of ether oxygens (including phenoxy) is 2. The number of hydrogen-bond acceptors (Lipinski definition) is 6. The van der Waals surface area contributed by atoms with E-state index in [1.165, 1.54) is 38.1 Å². The molecule has 0 aliphatic rings. The summed E-state index contributed by atoms with van der Waals surface area (Å²) < 4.78 is 10.5. The maximum absolute atomic E-state index is 13.4. The van der Waals surface area contributed by atoms with E-state index in [-0.39, 0.29) is 17.4 Å². The molecule has 39 heavy (non-hydrogen) atoms. The fourth-order valence-corrected chi connectivity index (χ4v) is 4.89. The van der Waals surface area contributed by atoms with Crippen LogP contribution < -0.4 is 20.1 Å². The second kappa shape index (κ2) is 12.7. The number of carbonyl (C=O) groups excluding carboxylic acids is 2. The average Bonchev–Trinajstić information content (AvgIpc) is 2.96. The number of rotatable bonds is 10. The zero-order valence-electron chi connectivity index (χ0n) is 21.2. The summed E-state index contributed by atoms with van der Waals surface area (Å²) in [6, 6.07) is 27.5. The second-order valence-electron chi connectivity index (χ2n) is 8.34. The van der Waals surface area contributed by atoms with Crippen molar-refractivity contribution < 1.29 is 29.0 Å². The van der Waals surface area contributed by atoms with Crippen LogP contribution in [0.2, 0.25) is 0 Å². The second-order valence-corrected chi connectivity index (χ2v) is 9.51. The van der Waals surface area contributed by atoms with E-state index in [2.05, 4.69) is 10.6 Å². The van der Waals surface area contributed by atoms with Crippen molar-refractivity contribution in [2.45, 2.75) is 10.1 Å². The summed E-state index contributed by atoms with van der Waals surface area (Å²) in [5, 5.41) is 14.3. The molecule has 0 aliphatic carbocycles. The summed E-state index contributed by atoms with van der Waals surface area (Å²) in [7, 11) is 3.03. The van der Waals surface area contributed by atoms with Crippen LogP contribution in [0.5, 0.6) is 11.5 Å². The van der Waals surface area contributed by atoms with Crippen molar-refractivity contribution >= 4 is 40.9 Å². The van der Waals surface area contributed by atoms with Crippen LogP contribution in [0.4, 0.5) is 11.4 Å². The molecule has 0 saturated carbocycles. The molecule has 2 amide bonds. The molecule has 0 aliphatic heterocycles. The first-order chi connectivity index (χ1) is 18.9. The quantitative estimate of drug-likeness (QED) is 0.207. The van der Waals surface area contributed by atoms with Crippen LogP contribution in [0, 0.1) is 0 Å². The number of carboxylic acids is 1. The maximum atomic E-state index is 13.4. The van der Waals surface area contributed by atoms with Crippen molar-refractivity contribution in [3.8, 4) is 11.5 Å². The maximum Gasteiger partial charge on any atom is 0.335 e. The molecule has 0 saturated heterocycles. The van der Waals surface area contributed by atoms with Crippen molar-refractivity contribution in [2.24, 2.45) is 0 Å². The van der Waals surface area contributed by atoms with Gasteiger partial charge in [-0.2, -0.15) is 0 Å². The zero-order valence-corrected chi connectivity index (χ0v) is 22.0. The number of carboxylic acid groups (broad SMARTS) is 1. The van der Waals surface area contributed by atoms with Crippen LogP contribution in [0.1, 0.15) is 31.5 Å². The number of thioether (sulfide) groups is 1. The Morgan fingerprint density at radius 2 is 1.41 bits per heavy atom. The lowest BCUT2D eigenvalue weighted by atomic mass is 10.1. The molecule has 8 nitrogen and oxygen atoms in total. The van der Waals surface area contributed by atoms with Gasteiger partial charge in [0.15, 0.2) is 11.5 Å². The molecular weight excluding hydrogens is 516 g/mol. The Balaban J connectivity index is 1.54. The van der Waals surface area contributed by atoms with E-state index in [1.54, 1.807) is 48.5 Å². The Bertz CT molecular complexity index is 1490. The molecule has 4 aromatic rings. The van der Waals surface area contributed by atoms with Gasteiger partial charge in [-0.3, -0.25) is 9.59 Å². The van der Waals surface area contributed by atoms with Crippen LogP contribution in [-0.2, 0) is 4.79 Å². The summed E-state index contributed by atoms with van der Waals surface area (Å²) in [6.07, 6.45) is 0. The number of carbonyl (C=O) groups is 3. The van der Waals surface area contributed by atoms with Crippen molar-refractivity contribution in [1.29, 1.82) is 0 Å². The first-order valence-electron chi connectivity index (χ1n) is 11.9. The Hall–Kier alpha value is -4.76. The highest BCUT2D eigenvalue weighted by Gasteiger charge is 2.23. The molecule has 9 heteroatoms. The fraction of sp³-hybridized carbons (Fsp3) is 0.100. The molecule has 3 N–H and O–H groups in total. The van der Waals surface area contributed by atoms with Gasteiger partial charge >= 0.3 is 5.97 Å². The smallest absolute Gasteiger partial charge is 0.335 e. The van der Waals surface area contributed by atoms with Crippen molar-refractivity contribution in [1.82, 2.24) is 0 Å². The number of aromatic carboxylic acids is 1. The minimum Gasteiger partial charge on any atom is -0.493 e. The van der Waals surface area contributed by atoms with Gasteiger partial charge in [0.1, 0.15) is 5.25 Å². The topological polar surface area (TPSA) is 114 Å². The van der Waals surface area contributed by atoms with Crippen molar-refractivity contribution in [3.05, 3.63) is 114 Å². The molecule has 4 aromatic carbocycles. The SMILES string of the molecule is COc1ccc(C(=O)Nc2cccc(SC(C(=O)Nc3cccc(C(=O)O)c3)c3ccccc3)c2)cc1OC. The highest BCUT2D eigenvalue weighted by Crippen LogP contribution is 2.37. The summed E-state index contributed by atoms with van der Waals surface area (Å²) >= 11 is 1.31. The van der Waals surface area contributed by atoms with Crippen LogP contribution in [0.15, 0.2) is 102 Å². The van der Waals surface area contributed by atoms with Gasteiger partial charge in [0, 0.05) is 21.8 Å². The minimum atomic E-state index is -1.08. The van der Waals surface area contributed by atoms with E-state index < -0.39 is 11.2 Å². The van der Waals surface area contributed by atoms with Gasteiger partial charge in [-0.1, -0.05) is 42.5 Å². The third kappa shape index (κ3) is 6.97. The van der Waals surface area contributed by atoms with E-state index >= 15 is 0 Å². The Labute approximate surface area is 230 Å². The standard InChI is InChI=1S/C30H26N2O6S/c1-37-25-15-14-20(17-26(25)38-2)28(33)31-23-12-7-13-24(18-23)39-27(19-8-4-3-5-9-19)29(34)32-22-11-6-10-21(16-22)30(35)36/h3-18,27H,1-2H3,(H,31,33)(H,32,34)(H,35,36). The van der Waals surface area contributed by atoms with Gasteiger partial charge in [0.2, 0.25) is 5.91 Å². The Morgan fingerprint density at radius 3 is 2.10 bits per heavy atom. The molecule has 1 atom stereocenters. The number of hydrogen-bond donors (Lipinski definition) is 3. The zero-order chi connectivity index (χ0) is 27.8. The number of anilines is 2. The predicted octanol–water partition coefficient (Wildman–Crippen LogP) is 6.13. The molecule has 1 unspecified atom stereocenters. The summed E-state index contributed by atoms with van der Waals surface area (Å²) in [5.74, 6) is -0.748. The van der Waals surface area contributed by atoms with E-state index in [0.717, 1.165) is 10.5 Å². The molecule has 0 heterocycles. The molecule has 0 spiro atoms.